The van der Waals surface area contributed by atoms with Gasteiger partial charge in [0, 0.05) is 54.3 Å². The summed E-state index contributed by atoms with van der Waals surface area (Å²) in [6.07, 6.45) is 0.203. The molecule has 8 nitrogen and oxygen atoms in total. The molecule has 4 rings (SSSR count). The van der Waals surface area contributed by atoms with E-state index in [1.54, 1.807) is 18.7 Å². The van der Waals surface area contributed by atoms with Gasteiger partial charge < -0.3 is 31.1 Å². The Hall–Kier alpha value is -1.13. The molecule has 3 fully saturated rings. The molecule has 3 saturated heterocycles. The predicted molar refractivity (Wildman–Crippen MR) is 102 cm³/mol. The molecule has 4 aliphatic rings. The van der Waals surface area contributed by atoms with Crippen molar-refractivity contribution in [3.8, 4) is 0 Å². The summed E-state index contributed by atoms with van der Waals surface area (Å²) in [5.41, 5.74) is 0.125. The van der Waals surface area contributed by atoms with Crippen LogP contribution in [0.1, 0.15) is 20.3 Å². The van der Waals surface area contributed by atoms with Gasteiger partial charge in [0.25, 0.3) is 0 Å². The lowest BCUT2D eigenvalue weighted by Crippen LogP contribution is -2.63. The number of carbonyl (C=O) groups is 2. The lowest BCUT2D eigenvalue weighted by Gasteiger charge is -2.46. The van der Waals surface area contributed by atoms with Crippen molar-refractivity contribution >= 4 is 23.6 Å². The molecule has 27 heavy (non-hydrogen) atoms. The number of nitrogens with one attached hydrogen (secondary N) is 3. The van der Waals surface area contributed by atoms with Crippen molar-refractivity contribution in [1.29, 1.82) is 0 Å². The fourth-order valence-electron chi connectivity index (χ4n) is 4.95. The maximum Gasteiger partial charge on any atom is 0.353 e. The Balaban J connectivity index is 1.48. The molecule has 5 N–H and O–H groups in total. The average molecular weight is 397 g/mol. The summed E-state index contributed by atoms with van der Waals surface area (Å²) in [6, 6.07) is 0.518. The van der Waals surface area contributed by atoms with Crippen molar-refractivity contribution in [3.63, 3.8) is 0 Å². The number of nitrogens with zero attached hydrogens (tertiary/aromatic N) is 1. The number of piperazine rings is 1. The van der Waals surface area contributed by atoms with Crippen molar-refractivity contribution in [2.75, 3.05) is 26.2 Å². The Morgan fingerprint density at radius 3 is 2.67 bits per heavy atom. The van der Waals surface area contributed by atoms with E-state index in [0.29, 0.717) is 12.1 Å². The largest absolute Gasteiger partial charge is 0.477 e. The molecule has 0 spiro atoms. The van der Waals surface area contributed by atoms with Gasteiger partial charge in [-0.15, -0.1) is 11.8 Å². The molecule has 9 heteroatoms. The highest BCUT2D eigenvalue weighted by Gasteiger charge is 2.60. The minimum absolute atomic E-state index is 0.0630. The van der Waals surface area contributed by atoms with Crippen LogP contribution < -0.4 is 16.0 Å². The van der Waals surface area contributed by atoms with E-state index in [0.717, 1.165) is 37.5 Å². The van der Waals surface area contributed by atoms with E-state index in [2.05, 4.69) is 16.0 Å². The van der Waals surface area contributed by atoms with E-state index in [-0.39, 0.29) is 28.8 Å². The minimum atomic E-state index is -1.05. The molecular formula is C18H28N4O4S. The molecule has 0 aliphatic carbocycles. The zero-order valence-electron chi connectivity index (χ0n) is 15.6. The number of hydrogen-bond donors (Lipinski definition) is 5. The van der Waals surface area contributed by atoms with Crippen molar-refractivity contribution in [1.82, 2.24) is 20.9 Å². The van der Waals surface area contributed by atoms with Crippen molar-refractivity contribution in [2.24, 2.45) is 11.8 Å². The molecule has 1 unspecified atom stereocenters. The summed E-state index contributed by atoms with van der Waals surface area (Å²) in [4.78, 5) is 26.5. The van der Waals surface area contributed by atoms with E-state index >= 15 is 0 Å². The van der Waals surface area contributed by atoms with Gasteiger partial charge in [-0.05, 0) is 13.3 Å². The van der Waals surface area contributed by atoms with Crippen LogP contribution in [-0.4, -0.2) is 82.6 Å². The van der Waals surface area contributed by atoms with E-state index in [1.165, 1.54) is 4.90 Å². The zero-order chi connectivity index (χ0) is 19.3. The molecular weight excluding hydrogens is 368 g/mol. The average Bonchev–Trinajstić information content (AvgIpc) is 3.18. The van der Waals surface area contributed by atoms with Crippen LogP contribution >= 0.6 is 11.8 Å². The van der Waals surface area contributed by atoms with E-state index < -0.39 is 18.0 Å². The van der Waals surface area contributed by atoms with Gasteiger partial charge in [0.15, 0.2) is 0 Å². The number of β-lactam (4-membered cyclic amide) rings is 1. The fourth-order valence-corrected chi connectivity index (χ4v) is 6.44. The number of rotatable bonds is 5. The molecule has 0 aromatic rings. The predicted octanol–water partition coefficient (Wildman–Crippen LogP) is -0.835. The summed E-state index contributed by atoms with van der Waals surface area (Å²) < 4.78 is 0. The number of aliphatic hydroxyl groups is 1. The van der Waals surface area contributed by atoms with Gasteiger partial charge in [-0.3, -0.25) is 4.79 Å². The molecule has 0 radical (unpaired) electrons. The minimum Gasteiger partial charge on any atom is -0.477 e. The van der Waals surface area contributed by atoms with Crippen molar-refractivity contribution in [2.45, 2.75) is 49.7 Å². The van der Waals surface area contributed by atoms with Gasteiger partial charge in [-0.25, -0.2) is 4.79 Å². The standard InChI is InChI=1S/C18H28N4O4S/c1-8-14-13(9(2)23)17(24)22(14)15(18(25)26)16(8)27-10-5-11(21-6-10)12-7-19-3-4-20-12/h8-14,19-21,23H,3-7H2,1-2H3,(H,25,26)/t8-,9-,10+,11+,12?,13-,14-/m1/s1. The first kappa shape index (κ1) is 19.2. The van der Waals surface area contributed by atoms with Crippen LogP contribution in [-0.2, 0) is 9.59 Å². The van der Waals surface area contributed by atoms with Crippen LogP contribution in [0.2, 0.25) is 0 Å². The van der Waals surface area contributed by atoms with Crippen LogP contribution in [0.4, 0.5) is 0 Å². The Morgan fingerprint density at radius 2 is 2.04 bits per heavy atom. The highest BCUT2D eigenvalue weighted by atomic mass is 32.2. The summed E-state index contributed by atoms with van der Waals surface area (Å²) in [7, 11) is 0. The van der Waals surface area contributed by atoms with Gasteiger partial charge in [-0.1, -0.05) is 6.92 Å². The van der Waals surface area contributed by atoms with Crippen molar-refractivity contribution < 1.29 is 19.8 Å². The number of carboxylic acids is 1. The first-order chi connectivity index (χ1) is 12.9. The third kappa shape index (κ3) is 3.19. The molecule has 0 aromatic heterocycles. The van der Waals surface area contributed by atoms with E-state index in [9.17, 15) is 19.8 Å². The first-order valence-electron chi connectivity index (χ1n) is 9.73. The maximum atomic E-state index is 12.4. The zero-order valence-corrected chi connectivity index (χ0v) is 16.5. The SMILES string of the molecule is C[C@@H](O)[C@H]1C(=O)N2C(C(=O)O)=C(S[C@@H]3CN[C@H](C4CNCCN4)C3)[C@H](C)[C@H]12. The third-order valence-corrected chi connectivity index (χ3v) is 7.80. The Bertz CT molecular complexity index is 664. The number of carbonyl (C=O) groups excluding carboxylic acids is 1. The van der Waals surface area contributed by atoms with E-state index in [4.69, 9.17) is 0 Å². The van der Waals surface area contributed by atoms with Crippen LogP contribution in [0.3, 0.4) is 0 Å². The van der Waals surface area contributed by atoms with Gasteiger partial charge >= 0.3 is 5.97 Å². The molecule has 4 heterocycles. The van der Waals surface area contributed by atoms with Crippen LogP contribution in [0.5, 0.6) is 0 Å². The highest BCUT2D eigenvalue weighted by Crippen LogP contribution is 2.51. The van der Waals surface area contributed by atoms with Crippen LogP contribution in [0, 0.1) is 11.8 Å². The molecule has 7 atom stereocenters. The second-order valence-corrected chi connectivity index (χ2v) is 9.37. The summed E-state index contributed by atoms with van der Waals surface area (Å²) in [5, 5.41) is 30.5. The Morgan fingerprint density at radius 1 is 1.26 bits per heavy atom. The topological polar surface area (TPSA) is 114 Å². The lowest BCUT2D eigenvalue weighted by molar-refractivity contribution is -0.163. The Labute approximate surface area is 163 Å². The smallest absolute Gasteiger partial charge is 0.353 e. The van der Waals surface area contributed by atoms with Gasteiger partial charge in [-0.2, -0.15) is 0 Å². The van der Waals surface area contributed by atoms with Gasteiger partial charge in [0.2, 0.25) is 5.91 Å². The van der Waals surface area contributed by atoms with Gasteiger partial charge in [0.05, 0.1) is 18.1 Å². The van der Waals surface area contributed by atoms with E-state index in [1.807, 2.05) is 6.92 Å². The molecule has 0 bridgehead atoms. The summed E-state index contributed by atoms with van der Waals surface area (Å²) in [6.45, 7) is 7.30. The van der Waals surface area contributed by atoms with Crippen LogP contribution in [0.25, 0.3) is 0 Å². The normalized spacial score (nSPS) is 40.1. The molecule has 1 amide bonds. The molecule has 0 saturated carbocycles. The number of aliphatic hydroxyl groups excluding tert-OH is 1. The van der Waals surface area contributed by atoms with Gasteiger partial charge in [0.1, 0.15) is 5.70 Å². The van der Waals surface area contributed by atoms with Crippen LogP contribution in [0.15, 0.2) is 10.6 Å². The van der Waals surface area contributed by atoms with Crippen molar-refractivity contribution in [3.05, 3.63) is 10.6 Å². The monoisotopic (exact) mass is 396 g/mol. The second kappa shape index (κ2) is 7.36. The number of aliphatic carboxylic acids is 1. The molecule has 150 valence electrons. The third-order valence-electron chi connectivity index (χ3n) is 6.29. The number of hydrogen-bond acceptors (Lipinski definition) is 7. The summed E-state index contributed by atoms with van der Waals surface area (Å²) >= 11 is 1.60. The molecule has 0 aromatic carbocycles. The lowest BCUT2D eigenvalue weighted by atomic mass is 9.79. The second-order valence-electron chi connectivity index (χ2n) is 8.03. The molecule has 4 aliphatic heterocycles. The number of carboxylic acid groups (broad SMARTS) is 1. The first-order valence-corrected chi connectivity index (χ1v) is 10.6. The highest BCUT2D eigenvalue weighted by molar-refractivity contribution is 8.03. The Kier molecular flexibility index (Phi) is 5.24. The maximum absolute atomic E-state index is 12.4. The number of amides is 1. The number of thioether (sulfide) groups is 1. The number of fused-ring (bicyclic) bond motifs is 1. The fraction of sp³-hybridized carbons (Fsp3) is 0.778. The summed E-state index contributed by atoms with van der Waals surface area (Å²) in [5.74, 6) is -1.88. The quantitative estimate of drug-likeness (QED) is 0.383.